The molecule has 1 aliphatic rings. The van der Waals surface area contributed by atoms with Gasteiger partial charge >= 0.3 is 0 Å². The smallest absolute Gasteiger partial charge is 0.194 e. The Balaban J connectivity index is 0.00000280. The molecular formula is C22H31IN4O. The molecule has 2 heterocycles. The average Bonchev–Trinajstić information content (AvgIpc) is 2.65. The van der Waals surface area contributed by atoms with Gasteiger partial charge in [0.05, 0.1) is 25.4 Å². The fraction of sp³-hybridized carbons (Fsp3) is 0.455. The number of nitrogens with zero attached hydrogens (tertiary/aromatic N) is 3. The van der Waals surface area contributed by atoms with Crippen LogP contribution in [0.1, 0.15) is 41.1 Å². The summed E-state index contributed by atoms with van der Waals surface area (Å²) in [6, 6.07) is 12.6. The average molecular weight is 494 g/mol. The molecule has 0 radical (unpaired) electrons. The van der Waals surface area contributed by atoms with Crippen LogP contribution in [0.3, 0.4) is 0 Å². The van der Waals surface area contributed by atoms with Crippen LogP contribution >= 0.6 is 24.0 Å². The maximum atomic E-state index is 6.08. The molecule has 0 saturated carbocycles. The predicted octanol–water partition coefficient (Wildman–Crippen LogP) is 4.16. The van der Waals surface area contributed by atoms with Crippen LogP contribution < -0.4 is 5.32 Å². The van der Waals surface area contributed by atoms with Gasteiger partial charge in [-0.25, -0.2) is 4.99 Å². The minimum absolute atomic E-state index is 0. The predicted molar refractivity (Wildman–Crippen MR) is 125 cm³/mol. The van der Waals surface area contributed by atoms with Gasteiger partial charge in [-0.1, -0.05) is 29.8 Å². The normalized spacial score (nSPS) is 17.2. The highest BCUT2D eigenvalue weighted by Crippen LogP contribution is 2.26. The van der Waals surface area contributed by atoms with Crippen molar-refractivity contribution in [1.29, 1.82) is 0 Å². The van der Waals surface area contributed by atoms with Crippen molar-refractivity contribution in [1.82, 2.24) is 15.2 Å². The highest BCUT2D eigenvalue weighted by Gasteiger charge is 2.25. The molecule has 28 heavy (non-hydrogen) atoms. The molecule has 152 valence electrons. The first-order chi connectivity index (χ1) is 13.1. The third kappa shape index (κ3) is 5.91. The van der Waals surface area contributed by atoms with Gasteiger partial charge in [0.15, 0.2) is 5.96 Å². The number of guanidine groups is 1. The van der Waals surface area contributed by atoms with Crippen molar-refractivity contribution in [2.45, 2.75) is 40.3 Å². The molecule has 2 aromatic rings. The number of aliphatic imine (C=N–C) groups is 1. The van der Waals surface area contributed by atoms with Crippen LogP contribution in [0.4, 0.5) is 0 Å². The number of rotatable bonds is 4. The lowest BCUT2D eigenvalue weighted by Gasteiger charge is -2.36. The van der Waals surface area contributed by atoms with Crippen LogP contribution in [0.2, 0.25) is 0 Å². The summed E-state index contributed by atoms with van der Waals surface area (Å²) in [5, 5.41) is 3.43. The topological polar surface area (TPSA) is 49.8 Å². The van der Waals surface area contributed by atoms with Gasteiger partial charge in [-0.2, -0.15) is 0 Å². The van der Waals surface area contributed by atoms with Crippen molar-refractivity contribution in [3.63, 3.8) is 0 Å². The van der Waals surface area contributed by atoms with Gasteiger partial charge in [-0.05, 0) is 51.0 Å². The molecular weight excluding hydrogens is 463 g/mol. The second-order valence-electron chi connectivity index (χ2n) is 7.11. The Kier molecular flexibility index (Phi) is 8.69. The van der Waals surface area contributed by atoms with E-state index in [1.165, 1.54) is 16.7 Å². The van der Waals surface area contributed by atoms with E-state index in [-0.39, 0.29) is 30.1 Å². The molecule has 1 saturated heterocycles. The summed E-state index contributed by atoms with van der Waals surface area (Å²) >= 11 is 0. The summed E-state index contributed by atoms with van der Waals surface area (Å²) in [7, 11) is 0. The van der Waals surface area contributed by atoms with Gasteiger partial charge in [-0.3, -0.25) is 4.98 Å². The number of pyridine rings is 1. The van der Waals surface area contributed by atoms with Crippen LogP contribution in [-0.4, -0.2) is 42.1 Å². The number of hydrogen-bond acceptors (Lipinski definition) is 3. The Morgan fingerprint density at radius 1 is 1.25 bits per heavy atom. The Hall–Kier alpha value is -1.67. The van der Waals surface area contributed by atoms with Gasteiger partial charge in [0.1, 0.15) is 6.10 Å². The Morgan fingerprint density at radius 3 is 2.79 bits per heavy atom. The van der Waals surface area contributed by atoms with E-state index in [4.69, 9.17) is 9.73 Å². The van der Waals surface area contributed by atoms with Crippen molar-refractivity contribution in [2.24, 2.45) is 4.99 Å². The summed E-state index contributed by atoms with van der Waals surface area (Å²) in [5.74, 6) is 0.930. The molecule has 5 nitrogen and oxygen atoms in total. The largest absolute Gasteiger partial charge is 0.370 e. The van der Waals surface area contributed by atoms with Crippen LogP contribution in [0.15, 0.2) is 41.4 Å². The molecule has 0 spiro atoms. The maximum Gasteiger partial charge on any atom is 0.194 e. The molecule has 1 aromatic heterocycles. The zero-order chi connectivity index (χ0) is 19.2. The van der Waals surface area contributed by atoms with E-state index in [9.17, 15) is 0 Å². The molecule has 1 aliphatic heterocycles. The third-order valence-electron chi connectivity index (χ3n) is 4.81. The molecule has 6 heteroatoms. The molecule has 1 atom stereocenters. The molecule has 1 N–H and O–H groups in total. The van der Waals surface area contributed by atoms with Gasteiger partial charge in [-0.15, -0.1) is 24.0 Å². The molecule has 1 fully saturated rings. The monoisotopic (exact) mass is 494 g/mol. The van der Waals surface area contributed by atoms with Gasteiger partial charge in [0.2, 0.25) is 0 Å². The Morgan fingerprint density at radius 2 is 2.07 bits per heavy atom. The fourth-order valence-electron chi connectivity index (χ4n) is 3.49. The Labute approximate surface area is 185 Å². The number of ether oxygens (including phenoxy) is 1. The molecule has 1 unspecified atom stereocenters. The number of hydrogen-bond donors (Lipinski definition) is 1. The van der Waals surface area contributed by atoms with E-state index in [1.807, 2.05) is 25.1 Å². The Bertz CT molecular complexity index is 809. The first-order valence-corrected chi connectivity index (χ1v) is 9.71. The van der Waals surface area contributed by atoms with Crippen LogP contribution in [0, 0.1) is 20.8 Å². The van der Waals surface area contributed by atoms with E-state index >= 15 is 0 Å². The summed E-state index contributed by atoms with van der Waals surface area (Å²) in [4.78, 5) is 11.7. The highest BCUT2D eigenvalue weighted by molar-refractivity contribution is 14.0. The van der Waals surface area contributed by atoms with E-state index in [2.05, 4.69) is 54.2 Å². The van der Waals surface area contributed by atoms with Crippen molar-refractivity contribution >= 4 is 29.9 Å². The third-order valence-corrected chi connectivity index (χ3v) is 4.81. The first-order valence-electron chi connectivity index (χ1n) is 9.71. The number of benzene rings is 1. The second-order valence-corrected chi connectivity index (χ2v) is 7.11. The second kappa shape index (κ2) is 10.8. The lowest BCUT2D eigenvalue weighted by atomic mass is 10.00. The van der Waals surface area contributed by atoms with Crippen molar-refractivity contribution in [3.05, 3.63) is 64.5 Å². The zero-order valence-corrected chi connectivity index (χ0v) is 19.6. The SMILES string of the molecule is CCNC(=NCc1cccc(C)n1)N1CCOC(c2ccc(C)cc2C)C1.I. The quantitative estimate of drug-likeness (QED) is 0.394. The van der Waals surface area contributed by atoms with Crippen LogP contribution in [0.5, 0.6) is 0 Å². The maximum absolute atomic E-state index is 6.08. The van der Waals surface area contributed by atoms with Crippen molar-refractivity contribution in [2.75, 3.05) is 26.2 Å². The minimum Gasteiger partial charge on any atom is -0.370 e. The number of aromatic nitrogens is 1. The van der Waals surface area contributed by atoms with E-state index in [0.717, 1.165) is 37.0 Å². The lowest BCUT2D eigenvalue weighted by molar-refractivity contribution is -0.00834. The van der Waals surface area contributed by atoms with E-state index in [0.29, 0.717) is 13.2 Å². The molecule has 3 rings (SSSR count). The first kappa shape index (κ1) is 22.6. The molecule has 1 aromatic carbocycles. The van der Waals surface area contributed by atoms with Gasteiger partial charge < -0.3 is 15.0 Å². The van der Waals surface area contributed by atoms with E-state index < -0.39 is 0 Å². The zero-order valence-electron chi connectivity index (χ0n) is 17.2. The number of nitrogens with one attached hydrogen (secondary N) is 1. The summed E-state index contributed by atoms with van der Waals surface area (Å²) in [6.07, 6.45) is 0.0697. The number of aryl methyl sites for hydroxylation is 3. The molecule has 0 bridgehead atoms. The van der Waals surface area contributed by atoms with Gasteiger partial charge in [0.25, 0.3) is 0 Å². The fourth-order valence-corrected chi connectivity index (χ4v) is 3.49. The van der Waals surface area contributed by atoms with Crippen LogP contribution in [-0.2, 0) is 11.3 Å². The summed E-state index contributed by atoms with van der Waals surface area (Å²) < 4.78 is 6.08. The standard InChI is InChI=1S/C22H30N4O.HI/c1-5-23-22(24-14-19-8-6-7-18(4)25-19)26-11-12-27-21(15-26)20-10-9-16(2)13-17(20)3;/h6-10,13,21H,5,11-12,14-15H2,1-4H3,(H,23,24);1H. The molecule has 0 aliphatic carbocycles. The number of morpholine rings is 1. The number of halogens is 1. The van der Waals surface area contributed by atoms with Crippen LogP contribution in [0.25, 0.3) is 0 Å². The minimum atomic E-state index is 0. The van der Waals surface area contributed by atoms with Crippen molar-refractivity contribution < 1.29 is 4.74 Å². The molecule has 0 amide bonds. The summed E-state index contributed by atoms with van der Waals surface area (Å²) in [5.41, 5.74) is 5.84. The van der Waals surface area contributed by atoms with Gasteiger partial charge in [0, 0.05) is 18.8 Å². The highest BCUT2D eigenvalue weighted by atomic mass is 127. The lowest BCUT2D eigenvalue weighted by Crippen LogP contribution is -2.48. The summed E-state index contributed by atoms with van der Waals surface area (Å²) in [6.45, 7) is 12.2. The van der Waals surface area contributed by atoms with E-state index in [1.54, 1.807) is 0 Å². The van der Waals surface area contributed by atoms with Crippen molar-refractivity contribution in [3.8, 4) is 0 Å².